The van der Waals surface area contributed by atoms with Crippen LogP contribution >= 0.6 is 0 Å². The van der Waals surface area contributed by atoms with E-state index in [1.165, 1.54) is 0 Å². The van der Waals surface area contributed by atoms with Gasteiger partial charge < -0.3 is 15.4 Å². The van der Waals surface area contributed by atoms with Crippen molar-refractivity contribution in [3.8, 4) is 5.75 Å². The van der Waals surface area contributed by atoms with Crippen LogP contribution in [0, 0.1) is 0 Å². The average molecular weight is 262 g/mol. The van der Waals surface area contributed by atoms with Crippen molar-refractivity contribution < 1.29 is 9.53 Å². The molecule has 104 valence electrons. The van der Waals surface area contributed by atoms with Crippen LogP contribution in [0.5, 0.6) is 5.75 Å². The van der Waals surface area contributed by atoms with Crippen LogP contribution < -0.4 is 15.4 Å². The van der Waals surface area contributed by atoms with Crippen molar-refractivity contribution in [3.05, 3.63) is 23.8 Å². The van der Waals surface area contributed by atoms with Crippen molar-refractivity contribution in [1.82, 2.24) is 5.32 Å². The molecule has 0 radical (unpaired) electrons. The van der Waals surface area contributed by atoms with Gasteiger partial charge >= 0.3 is 0 Å². The summed E-state index contributed by atoms with van der Waals surface area (Å²) in [6, 6.07) is 5.54. The maximum absolute atomic E-state index is 11.9. The molecule has 0 saturated heterocycles. The zero-order chi connectivity index (χ0) is 14.0. The Bertz CT molecular complexity index is 478. The highest BCUT2D eigenvalue weighted by atomic mass is 16.5. The molecule has 0 aromatic heterocycles. The summed E-state index contributed by atoms with van der Waals surface area (Å²) in [7, 11) is 0. The molecule has 2 rings (SSSR count). The summed E-state index contributed by atoms with van der Waals surface area (Å²) in [5.41, 5.74) is 1.61. The summed E-state index contributed by atoms with van der Waals surface area (Å²) >= 11 is 0. The number of ether oxygens (including phenoxy) is 1. The summed E-state index contributed by atoms with van der Waals surface area (Å²) in [6.07, 6.45) is 1.00. The van der Waals surface area contributed by atoms with Crippen molar-refractivity contribution in [1.29, 1.82) is 0 Å². The molecule has 0 spiro atoms. The molecule has 4 heteroatoms. The van der Waals surface area contributed by atoms with E-state index < -0.39 is 0 Å². The molecular formula is C15H22N2O2. The fourth-order valence-electron chi connectivity index (χ4n) is 2.15. The number of hydrogen-bond acceptors (Lipinski definition) is 3. The molecule has 1 amide bonds. The number of anilines is 1. The van der Waals surface area contributed by atoms with Gasteiger partial charge in [-0.2, -0.15) is 0 Å². The summed E-state index contributed by atoms with van der Waals surface area (Å²) < 4.78 is 5.81. The van der Waals surface area contributed by atoms with Gasteiger partial charge in [0.2, 0.25) is 5.91 Å². The molecule has 2 N–H and O–H groups in total. The third-order valence-electron chi connectivity index (χ3n) is 2.88. The van der Waals surface area contributed by atoms with Crippen molar-refractivity contribution >= 4 is 11.6 Å². The normalized spacial score (nSPS) is 18.1. The predicted molar refractivity (Wildman–Crippen MR) is 76.5 cm³/mol. The van der Waals surface area contributed by atoms with Gasteiger partial charge in [0.05, 0.1) is 0 Å². The Morgan fingerprint density at radius 2 is 2.11 bits per heavy atom. The number of amides is 1. The van der Waals surface area contributed by atoms with Gasteiger partial charge in [-0.3, -0.25) is 4.79 Å². The maximum Gasteiger partial charge on any atom is 0.246 e. The van der Waals surface area contributed by atoms with E-state index in [1.807, 2.05) is 39.0 Å². The van der Waals surface area contributed by atoms with Gasteiger partial charge in [-0.1, -0.05) is 13.0 Å². The molecular weight excluding hydrogens is 240 g/mol. The third kappa shape index (κ3) is 3.26. The van der Waals surface area contributed by atoms with Crippen LogP contribution in [-0.4, -0.2) is 18.1 Å². The third-order valence-corrected chi connectivity index (χ3v) is 2.88. The van der Waals surface area contributed by atoms with Gasteiger partial charge in [0.1, 0.15) is 17.4 Å². The van der Waals surface area contributed by atoms with E-state index in [9.17, 15) is 4.79 Å². The Labute approximate surface area is 114 Å². The van der Waals surface area contributed by atoms with Gasteiger partial charge in [0.15, 0.2) is 0 Å². The molecule has 1 aromatic carbocycles. The fourth-order valence-corrected chi connectivity index (χ4v) is 2.15. The zero-order valence-corrected chi connectivity index (χ0v) is 12.0. The standard InChI is InChI=1S/C15H22N2O2/c1-5-8-16-13-11-7-6-10(19-15(2,3)4)9-12(11)17-14(13)18/h6-7,9,13,16H,5,8H2,1-4H3,(H,17,18). The van der Waals surface area contributed by atoms with E-state index in [1.54, 1.807) is 0 Å². The topological polar surface area (TPSA) is 50.4 Å². The molecule has 1 heterocycles. The summed E-state index contributed by atoms with van der Waals surface area (Å²) in [5.74, 6) is 0.791. The fraction of sp³-hybridized carbons (Fsp3) is 0.533. The zero-order valence-electron chi connectivity index (χ0n) is 12.0. The number of benzene rings is 1. The van der Waals surface area contributed by atoms with Gasteiger partial charge in [0, 0.05) is 17.3 Å². The van der Waals surface area contributed by atoms with Crippen LogP contribution in [0.1, 0.15) is 45.7 Å². The smallest absolute Gasteiger partial charge is 0.246 e. The SMILES string of the molecule is CCCNC1C(=O)Nc2cc(OC(C)(C)C)ccc21. The molecule has 1 atom stereocenters. The second-order valence-electron chi connectivity index (χ2n) is 5.84. The number of carbonyl (C=O) groups is 1. The quantitative estimate of drug-likeness (QED) is 0.877. The van der Waals surface area contributed by atoms with E-state index >= 15 is 0 Å². The first-order valence-corrected chi connectivity index (χ1v) is 6.78. The lowest BCUT2D eigenvalue weighted by molar-refractivity contribution is -0.117. The van der Waals surface area contributed by atoms with E-state index in [0.717, 1.165) is 30.0 Å². The molecule has 1 unspecified atom stereocenters. The number of rotatable bonds is 4. The van der Waals surface area contributed by atoms with Crippen LogP contribution in [0.2, 0.25) is 0 Å². The Morgan fingerprint density at radius 3 is 2.74 bits per heavy atom. The Hall–Kier alpha value is -1.55. The summed E-state index contributed by atoms with van der Waals surface area (Å²) in [4.78, 5) is 11.9. The van der Waals surface area contributed by atoms with Crippen molar-refractivity contribution in [2.24, 2.45) is 0 Å². The van der Waals surface area contributed by atoms with Crippen molar-refractivity contribution in [3.63, 3.8) is 0 Å². The van der Waals surface area contributed by atoms with Crippen LogP contribution in [-0.2, 0) is 4.79 Å². The molecule has 1 aromatic rings. The Kier molecular flexibility index (Phi) is 3.80. The summed E-state index contributed by atoms with van der Waals surface area (Å²) in [6.45, 7) is 8.93. The minimum Gasteiger partial charge on any atom is -0.488 e. The highest BCUT2D eigenvalue weighted by molar-refractivity contribution is 6.02. The highest BCUT2D eigenvalue weighted by Crippen LogP contribution is 2.34. The van der Waals surface area contributed by atoms with E-state index in [0.29, 0.717) is 0 Å². The molecule has 1 aliphatic heterocycles. The van der Waals surface area contributed by atoms with Crippen molar-refractivity contribution in [2.45, 2.75) is 45.8 Å². The second-order valence-corrected chi connectivity index (χ2v) is 5.84. The minimum atomic E-state index is -0.239. The predicted octanol–water partition coefficient (Wildman–Crippen LogP) is 2.86. The molecule has 0 saturated carbocycles. The average Bonchev–Trinajstić information content (AvgIpc) is 2.59. The Morgan fingerprint density at radius 1 is 1.37 bits per heavy atom. The second kappa shape index (κ2) is 5.21. The lowest BCUT2D eigenvalue weighted by Crippen LogP contribution is -2.27. The number of hydrogen-bond donors (Lipinski definition) is 2. The lowest BCUT2D eigenvalue weighted by Gasteiger charge is -2.21. The van der Waals surface area contributed by atoms with Gasteiger partial charge in [-0.05, 0) is 39.8 Å². The first-order chi connectivity index (χ1) is 8.90. The first kappa shape index (κ1) is 13.9. The van der Waals surface area contributed by atoms with Crippen molar-refractivity contribution in [2.75, 3.05) is 11.9 Å². The number of carbonyl (C=O) groups excluding carboxylic acids is 1. The molecule has 19 heavy (non-hydrogen) atoms. The maximum atomic E-state index is 11.9. The largest absolute Gasteiger partial charge is 0.488 e. The molecule has 4 nitrogen and oxygen atoms in total. The van der Waals surface area contributed by atoms with E-state index in [-0.39, 0.29) is 17.6 Å². The molecule has 0 bridgehead atoms. The Balaban J connectivity index is 2.19. The molecule has 1 aliphatic rings. The van der Waals surface area contributed by atoms with Gasteiger partial charge in [-0.25, -0.2) is 0 Å². The van der Waals surface area contributed by atoms with Gasteiger partial charge in [0.25, 0.3) is 0 Å². The van der Waals surface area contributed by atoms with Crippen LogP contribution in [0.3, 0.4) is 0 Å². The lowest BCUT2D eigenvalue weighted by atomic mass is 10.1. The number of fused-ring (bicyclic) bond motifs is 1. The highest BCUT2D eigenvalue weighted by Gasteiger charge is 2.30. The first-order valence-electron chi connectivity index (χ1n) is 6.78. The molecule has 0 aliphatic carbocycles. The van der Waals surface area contributed by atoms with Crippen LogP contribution in [0.4, 0.5) is 5.69 Å². The number of nitrogens with one attached hydrogen (secondary N) is 2. The minimum absolute atomic E-state index is 0.0105. The van der Waals surface area contributed by atoms with Crippen LogP contribution in [0.25, 0.3) is 0 Å². The van der Waals surface area contributed by atoms with Crippen LogP contribution in [0.15, 0.2) is 18.2 Å². The molecule has 0 fully saturated rings. The van der Waals surface area contributed by atoms with Gasteiger partial charge in [-0.15, -0.1) is 0 Å². The van der Waals surface area contributed by atoms with E-state index in [4.69, 9.17) is 4.74 Å². The monoisotopic (exact) mass is 262 g/mol. The van der Waals surface area contributed by atoms with E-state index in [2.05, 4.69) is 17.6 Å². The summed E-state index contributed by atoms with van der Waals surface area (Å²) in [5, 5.41) is 6.15.